The van der Waals surface area contributed by atoms with Crippen LogP contribution < -0.4 is 0 Å². The first-order valence-electron chi connectivity index (χ1n) is 5.82. The zero-order valence-electron chi connectivity index (χ0n) is 10.8. The fraction of sp³-hybridized carbons (Fsp3) is 0.0769. The molecule has 0 aliphatic rings. The summed E-state index contributed by atoms with van der Waals surface area (Å²) in [6.07, 6.45) is 9.41. The fourth-order valence-electron chi connectivity index (χ4n) is 1.67. The van der Waals surface area contributed by atoms with E-state index in [1.807, 2.05) is 0 Å². The standard InChI is InChI=1S/C13H11BrClN3O2S/c1-2-3-4-5-6-7-21(19,20)18-11(14)8-10-12(15)16-9-17-13(10)18/h2-6,8-9H,1,7H2/b4-3-,6-5-. The minimum absolute atomic E-state index is 0.168. The van der Waals surface area contributed by atoms with Crippen LogP contribution in [0.5, 0.6) is 0 Å². The maximum Gasteiger partial charge on any atom is 0.244 e. The molecular weight excluding hydrogens is 378 g/mol. The fourth-order valence-corrected chi connectivity index (χ4v) is 4.14. The quantitative estimate of drug-likeness (QED) is 0.582. The van der Waals surface area contributed by atoms with Crippen molar-refractivity contribution in [3.05, 3.63) is 59.1 Å². The van der Waals surface area contributed by atoms with E-state index in [9.17, 15) is 8.42 Å². The van der Waals surface area contributed by atoms with Crippen LogP contribution in [0.1, 0.15) is 0 Å². The molecule has 2 aromatic heterocycles. The third-order valence-electron chi connectivity index (χ3n) is 2.54. The summed E-state index contributed by atoms with van der Waals surface area (Å²) in [4.78, 5) is 7.83. The topological polar surface area (TPSA) is 64.8 Å². The number of hydrogen-bond acceptors (Lipinski definition) is 4. The molecule has 0 aromatic carbocycles. The molecular formula is C13H11BrClN3O2S. The predicted molar refractivity (Wildman–Crippen MR) is 87.9 cm³/mol. The van der Waals surface area contributed by atoms with Gasteiger partial charge >= 0.3 is 0 Å². The minimum Gasteiger partial charge on any atom is -0.224 e. The van der Waals surface area contributed by atoms with Gasteiger partial charge < -0.3 is 0 Å². The molecule has 0 aliphatic carbocycles. The van der Waals surface area contributed by atoms with E-state index >= 15 is 0 Å². The van der Waals surface area contributed by atoms with Crippen LogP contribution in [0.15, 0.2) is 54.0 Å². The van der Waals surface area contributed by atoms with Crippen molar-refractivity contribution in [1.29, 1.82) is 0 Å². The highest BCUT2D eigenvalue weighted by Crippen LogP contribution is 2.28. The van der Waals surface area contributed by atoms with Crippen molar-refractivity contribution in [3.8, 4) is 0 Å². The Hall–Kier alpha value is -1.44. The van der Waals surface area contributed by atoms with Crippen LogP contribution in [0, 0.1) is 0 Å². The van der Waals surface area contributed by atoms with E-state index in [0.29, 0.717) is 9.99 Å². The summed E-state index contributed by atoms with van der Waals surface area (Å²) in [5.74, 6) is -0.168. The smallest absolute Gasteiger partial charge is 0.224 e. The van der Waals surface area contributed by atoms with Gasteiger partial charge in [0.1, 0.15) is 16.1 Å². The van der Waals surface area contributed by atoms with Crippen molar-refractivity contribution in [3.63, 3.8) is 0 Å². The molecule has 5 nitrogen and oxygen atoms in total. The SMILES string of the molecule is C=C/C=C\C=C/CS(=O)(=O)n1c(Br)cc2c(Cl)ncnc21. The van der Waals surface area contributed by atoms with E-state index < -0.39 is 10.0 Å². The molecule has 110 valence electrons. The Balaban J connectivity index is 2.43. The van der Waals surface area contributed by atoms with Gasteiger partial charge in [0.05, 0.1) is 11.1 Å². The van der Waals surface area contributed by atoms with Crippen LogP contribution >= 0.6 is 27.5 Å². The molecule has 0 atom stereocenters. The Kier molecular flexibility index (Phi) is 4.97. The minimum atomic E-state index is -3.60. The van der Waals surface area contributed by atoms with Gasteiger partial charge in [-0.2, -0.15) is 0 Å². The number of aromatic nitrogens is 3. The van der Waals surface area contributed by atoms with Gasteiger partial charge in [-0.1, -0.05) is 48.6 Å². The lowest BCUT2D eigenvalue weighted by molar-refractivity contribution is 0.591. The Morgan fingerprint density at radius 1 is 1.33 bits per heavy atom. The maximum atomic E-state index is 12.4. The van der Waals surface area contributed by atoms with E-state index in [0.717, 1.165) is 3.97 Å². The molecule has 2 aromatic rings. The number of fused-ring (bicyclic) bond motifs is 1. The zero-order chi connectivity index (χ0) is 15.5. The van der Waals surface area contributed by atoms with Gasteiger partial charge in [-0.25, -0.2) is 22.4 Å². The zero-order valence-corrected chi connectivity index (χ0v) is 13.9. The van der Waals surface area contributed by atoms with Crippen LogP contribution in [0.4, 0.5) is 0 Å². The normalized spacial score (nSPS) is 12.7. The third kappa shape index (κ3) is 3.42. The highest BCUT2D eigenvalue weighted by atomic mass is 79.9. The largest absolute Gasteiger partial charge is 0.244 e. The monoisotopic (exact) mass is 387 g/mol. The second-order valence-corrected chi connectivity index (χ2v) is 6.99. The average molecular weight is 389 g/mol. The molecule has 0 amide bonds. The number of hydrogen-bond donors (Lipinski definition) is 0. The van der Waals surface area contributed by atoms with Crippen LogP contribution in [-0.4, -0.2) is 28.1 Å². The molecule has 21 heavy (non-hydrogen) atoms. The molecule has 0 saturated carbocycles. The summed E-state index contributed by atoms with van der Waals surface area (Å²) in [5, 5.41) is 0.684. The van der Waals surface area contributed by atoms with E-state index in [1.165, 1.54) is 12.4 Å². The first kappa shape index (κ1) is 15.9. The first-order valence-corrected chi connectivity index (χ1v) is 8.60. The summed E-state index contributed by atoms with van der Waals surface area (Å²) in [6.45, 7) is 3.53. The Bertz CT molecular complexity index is 840. The van der Waals surface area contributed by atoms with Gasteiger partial charge in [-0.15, -0.1) is 0 Å². The number of halogens is 2. The van der Waals surface area contributed by atoms with Gasteiger partial charge in [-0.05, 0) is 22.0 Å². The second kappa shape index (κ2) is 6.55. The van der Waals surface area contributed by atoms with Crippen LogP contribution in [-0.2, 0) is 10.0 Å². The average Bonchev–Trinajstić information content (AvgIpc) is 2.77. The lowest BCUT2D eigenvalue weighted by Crippen LogP contribution is -2.16. The van der Waals surface area contributed by atoms with Gasteiger partial charge in [0.25, 0.3) is 0 Å². The van der Waals surface area contributed by atoms with Crippen LogP contribution in [0.2, 0.25) is 5.15 Å². The molecule has 8 heteroatoms. The van der Waals surface area contributed by atoms with E-state index in [4.69, 9.17) is 11.6 Å². The predicted octanol–water partition coefficient (Wildman–Crippen LogP) is 3.32. The molecule has 0 aliphatic heterocycles. The summed E-state index contributed by atoms with van der Waals surface area (Å²) in [6, 6.07) is 1.58. The summed E-state index contributed by atoms with van der Waals surface area (Å²) in [5.41, 5.74) is 0.247. The molecule has 2 heterocycles. The van der Waals surface area contributed by atoms with E-state index in [1.54, 1.807) is 30.4 Å². The van der Waals surface area contributed by atoms with Crippen molar-refractivity contribution in [2.45, 2.75) is 0 Å². The Labute approximate surface area is 135 Å². The van der Waals surface area contributed by atoms with Crippen LogP contribution in [0.3, 0.4) is 0 Å². The van der Waals surface area contributed by atoms with Gasteiger partial charge in [0.2, 0.25) is 10.0 Å². The van der Waals surface area contributed by atoms with Gasteiger partial charge in [0, 0.05) is 0 Å². The van der Waals surface area contributed by atoms with Crippen molar-refractivity contribution >= 4 is 48.6 Å². The lowest BCUT2D eigenvalue weighted by atomic mass is 10.4. The van der Waals surface area contributed by atoms with Crippen molar-refractivity contribution in [1.82, 2.24) is 13.9 Å². The maximum absolute atomic E-state index is 12.4. The highest BCUT2D eigenvalue weighted by molar-refractivity contribution is 9.10. The molecule has 2 rings (SSSR count). The summed E-state index contributed by atoms with van der Waals surface area (Å²) in [7, 11) is -3.60. The Morgan fingerprint density at radius 3 is 2.81 bits per heavy atom. The number of rotatable bonds is 5. The molecule has 0 radical (unpaired) electrons. The molecule has 0 bridgehead atoms. The summed E-state index contributed by atoms with van der Waals surface area (Å²) >= 11 is 9.16. The van der Waals surface area contributed by atoms with Gasteiger partial charge in [-0.3, -0.25) is 0 Å². The molecule has 0 fully saturated rings. The molecule has 0 N–H and O–H groups in total. The summed E-state index contributed by atoms with van der Waals surface area (Å²) < 4.78 is 26.3. The van der Waals surface area contributed by atoms with Crippen LogP contribution in [0.25, 0.3) is 11.0 Å². The molecule has 0 saturated heterocycles. The Morgan fingerprint density at radius 2 is 2.10 bits per heavy atom. The first-order chi connectivity index (χ1) is 9.97. The van der Waals surface area contributed by atoms with Gasteiger partial charge in [0.15, 0.2) is 5.65 Å². The van der Waals surface area contributed by atoms with Crippen molar-refractivity contribution in [2.24, 2.45) is 0 Å². The van der Waals surface area contributed by atoms with Crippen molar-refractivity contribution in [2.75, 3.05) is 5.75 Å². The second-order valence-electron chi connectivity index (χ2n) is 3.96. The molecule has 0 unspecified atom stereocenters. The molecule has 0 spiro atoms. The van der Waals surface area contributed by atoms with Crippen molar-refractivity contribution < 1.29 is 8.42 Å². The number of nitrogens with zero attached hydrogens (tertiary/aromatic N) is 3. The third-order valence-corrected chi connectivity index (χ3v) is 5.20. The van der Waals surface area contributed by atoms with E-state index in [-0.39, 0.29) is 16.6 Å². The van der Waals surface area contributed by atoms with E-state index in [2.05, 4.69) is 32.5 Å². The lowest BCUT2D eigenvalue weighted by Gasteiger charge is -2.05. The number of allylic oxidation sites excluding steroid dienone is 4. The highest BCUT2D eigenvalue weighted by Gasteiger charge is 2.20.